The summed E-state index contributed by atoms with van der Waals surface area (Å²) in [5, 5.41) is 7.27. The molecule has 2 heterocycles. The second-order valence-electron chi connectivity index (χ2n) is 5.52. The molecule has 7 heteroatoms. The smallest absolute Gasteiger partial charge is 0.387 e. The van der Waals surface area contributed by atoms with Crippen molar-refractivity contribution in [2.45, 2.75) is 25.4 Å². The lowest BCUT2D eigenvalue weighted by Crippen LogP contribution is -2.17. The Morgan fingerprint density at radius 3 is 2.57 bits per heavy atom. The Hall–Kier alpha value is -2.70. The van der Waals surface area contributed by atoms with E-state index in [1.54, 1.807) is 22.8 Å². The zero-order chi connectivity index (χ0) is 16.0. The number of aromatic amines is 1. The highest BCUT2D eigenvalue weighted by atomic mass is 19.3. The maximum absolute atomic E-state index is 12.4. The quantitative estimate of drug-likeness (QED) is 0.804. The van der Waals surface area contributed by atoms with Crippen LogP contribution in [-0.2, 0) is 0 Å². The number of halogens is 2. The highest BCUT2D eigenvalue weighted by molar-refractivity contribution is 5.80. The molecule has 1 aromatic carbocycles. The number of H-pyrrole nitrogens is 1. The Labute approximate surface area is 129 Å². The fourth-order valence-electron chi connectivity index (χ4n) is 2.74. The summed E-state index contributed by atoms with van der Waals surface area (Å²) in [4.78, 5) is 12.4. The molecule has 0 atom stereocenters. The summed E-state index contributed by atoms with van der Waals surface area (Å²) in [6.45, 7) is -2.87. The molecule has 3 aromatic rings. The molecule has 1 aliphatic rings. The lowest BCUT2D eigenvalue weighted by molar-refractivity contribution is -0.0498. The molecule has 1 fully saturated rings. The van der Waals surface area contributed by atoms with Crippen LogP contribution < -0.4 is 10.3 Å². The van der Waals surface area contributed by atoms with E-state index in [9.17, 15) is 13.6 Å². The van der Waals surface area contributed by atoms with Gasteiger partial charge < -0.3 is 4.74 Å². The molecule has 0 spiro atoms. The van der Waals surface area contributed by atoms with E-state index in [0.29, 0.717) is 17.1 Å². The number of rotatable bonds is 4. The number of pyridine rings is 1. The summed E-state index contributed by atoms with van der Waals surface area (Å²) in [6, 6.07) is 9.14. The molecule has 1 saturated carbocycles. The summed E-state index contributed by atoms with van der Waals surface area (Å²) >= 11 is 0. The number of fused-ring (bicyclic) bond motifs is 1. The molecule has 1 N–H and O–H groups in total. The lowest BCUT2D eigenvalue weighted by Gasteiger charge is -2.10. The van der Waals surface area contributed by atoms with Gasteiger partial charge in [0.15, 0.2) is 0 Å². The topological polar surface area (TPSA) is 59.9 Å². The third-order valence-corrected chi connectivity index (χ3v) is 3.93. The largest absolute Gasteiger partial charge is 0.435 e. The van der Waals surface area contributed by atoms with Crippen molar-refractivity contribution >= 4 is 11.0 Å². The highest BCUT2D eigenvalue weighted by Gasteiger charge is 2.29. The van der Waals surface area contributed by atoms with Crippen molar-refractivity contribution in [2.24, 2.45) is 0 Å². The molecule has 0 bridgehead atoms. The Balaban J connectivity index is 1.86. The number of aromatic nitrogens is 3. The van der Waals surface area contributed by atoms with Crippen molar-refractivity contribution in [1.29, 1.82) is 0 Å². The predicted octanol–water partition coefficient (Wildman–Crippen LogP) is 3.19. The molecule has 23 heavy (non-hydrogen) atoms. The SMILES string of the molecule is O=c1ccc2n[nH]c(C3CC3)c2n1-c1ccc(OC(F)F)cc1. The van der Waals surface area contributed by atoms with E-state index >= 15 is 0 Å². The standard InChI is InChI=1S/C16H13F2N3O2/c17-16(18)23-11-5-3-10(4-6-11)21-13(22)8-7-12-15(21)14(20-19-12)9-1-2-9/h3-9,16H,1-2H2,(H,19,20). The Morgan fingerprint density at radius 1 is 1.17 bits per heavy atom. The van der Waals surface area contributed by atoms with E-state index in [1.807, 2.05) is 0 Å². The van der Waals surface area contributed by atoms with E-state index in [2.05, 4.69) is 14.9 Å². The van der Waals surface area contributed by atoms with Crippen molar-refractivity contribution in [1.82, 2.24) is 14.8 Å². The minimum atomic E-state index is -2.87. The van der Waals surface area contributed by atoms with Crippen LogP contribution in [0.2, 0.25) is 0 Å². The number of nitrogens with zero attached hydrogens (tertiary/aromatic N) is 2. The van der Waals surface area contributed by atoms with Gasteiger partial charge in [-0.3, -0.25) is 14.5 Å². The van der Waals surface area contributed by atoms with Gasteiger partial charge in [0.1, 0.15) is 11.3 Å². The van der Waals surface area contributed by atoms with Gasteiger partial charge >= 0.3 is 6.61 Å². The highest BCUT2D eigenvalue weighted by Crippen LogP contribution is 2.41. The number of hydrogen-bond donors (Lipinski definition) is 1. The summed E-state index contributed by atoms with van der Waals surface area (Å²) < 4.78 is 30.4. The number of alkyl halides is 2. The van der Waals surface area contributed by atoms with Crippen molar-refractivity contribution in [3.8, 4) is 11.4 Å². The average Bonchev–Trinajstić information content (AvgIpc) is 3.28. The summed E-state index contributed by atoms with van der Waals surface area (Å²) in [6.07, 6.45) is 2.14. The maximum atomic E-state index is 12.4. The van der Waals surface area contributed by atoms with Crippen LogP contribution in [0.5, 0.6) is 5.75 Å². The van der Waals surface area contributed by atoms with Gasteiger partial charge in [0.05, 0.1) is 11.2 Å². The molecule has 118 valence electrons. The van der Waals surface area contributed by atoms with Crippen LogP contribution in [0.15, 0.2) is 41.2 Å². The zero-order valence-corrected chi connectivity index (χ0v) is 12.0. The van der Waals surface area contributed by atoms with Gasteiger partial charge in [-0.15, -0.1) is 0 Å². The first kappa shape index (κ1) is 13.9. The van der Waals surface area contributed by atoms with E-state index in [-0.39, 0.29) is 11.3 Å². The minimum Gasteiger partial charge on any atom is -0.435 e. The second-order valence-corrected chi connectivity index (χ2v) is 5.52. The van der Waals surface area contributed by atoms with Gasteiger partial charge in [-0.1, -0.05) is 0 Å². The van der Waals surface area contributed by atoms with Gasteiger partial charge in [-0.2, -0.15) is 13.9 Å². The Kier molecular flexibility index (Phi) is 3.14. The molecule has 5 nitrogen and oxygen atoms in total. The average molecular weight is 317 g/mol. The van der Waals surface area contributed by atoms with E-state index in [4.69, 9.17) is 0 Å². The maximum Gasteiger partial charge on any atom is 0.387 e. The van der Waals surface area contributed by atoms with Crippen molar-refractivity contribution < 1.29 is 13.5 Å². The van der Waals surface area contributed by atoms with E-state index in [0.717, 1.165) is 24.1 Å². The minimum absolute atomic E-state index is 0.0542. The molecular weight excluding hydrogens is 304 g/mol. The van der Waals surface area contributed by atoms with Crippen LogP contribution in [-0.4, -0.2) is 21.4 Å². The van der Waals surface area contributed by atoms with Crippen molar-refractivity contribution in [3.63, 3.8) is 0 Å². The first-order chi connectivity index (χ1) is 11.1. The third-order valence-electron chi connectivity index (χ3n) is 3.93. The summed E-state index contributed by atoms with van der Waals surface area (Å²) in [7, 11) is 0. The molecule has 0 saturated heterocycles. The monoisotopic (exact) mass is 317 g/mol. The van der Waals surface area contributed by atoms with Crippen LogP contribution in [0.1, 0.15) is 24.5 Å². The Morgan fingerprint density at radius 2 is 1.91 bits per heavy atom. The molecular formula is C16H13F2N3O2. The van der Waals surface area contributed by atoms with Crippen LogP contribution in [0, 0.1) is 0 Å². The van der Waals surface area contributed by atoms with E-state index in [1.165, 1.54) is 18.2 Å². The predicted molar refractivity (Wildman–Crippen MR) is 80.3 cm³/mol. The van der Waals surface area contributed by atoms with Crippen molar-refractivity contribution in [3.05, 3.63) is 52.4 Å². The molecule has 1 aliphatic carbocycles. The molecule has 0 aliphatic heterocycles. The van der Waals surface area contributed by atoms with Gasteiger partial charge in [0, 0.05) is 17.7 Å². The van der Waals surface area contributed by atoms with E-state index < -0.39 is 6.61 Å². The third kappa shape index (κ3) is 2.48. The van der Waals surface area contributed by atoms with Crippen molar-refractivity contribution in [2.75, 3.05) is 0 Å². The number of ether oxygens (including phenoxy) is 1. The van der Waals surface area contributed by atoms with Crippen LogP contribution >= 0.6 is 0 Å². The van der Waals surface area contributed by atoms with Gasteiger partial charge in [0.2, 0.25) is 0 Å². The molecule has 4 rings (SSSR count). The number of benzene rings is 1. The van der Waals surface area contributed by atoms with Gasteiger partial charge in [-0.25, -0.2) is 0 Å². The Bertz CT molecular complexity index is 911. The number of hydrogen-bond acceptors (Lipinski definition) is 3. The molecule has 0 unspecified atom stereocenters. The molecule has 2 aromatic heterocycles. The van der Waals surface area contributed by atoms with Gasteiger partial charge in [0.25, 0.3) is 5.56 Å². The lowest BCUT2D eigenvalue weighted by atomic mass is 10.2. The van der Waals surface area contributed by atoms with Crippen LogP contribution in [0.25, 0.3) is 16.7 Å². The first-order valence-electron chi connectivity index (χ1n) is 7.29. The summed E-state index contributed by atoms with van der Waals surface area (Å²) in [5.74, 6) is 0.452. The fourth-order valence-corrected chi connectivity index (χ4v) is 2.74. The normalized spacial score (nSPS) is 14.6. The molecule has 0 amide bonds. The second kappa shape index (κ2) is 5.19. The zero-order valence-electron chi connectivity index (χ0n) is 12.0. The molecule has 0 radical (unpaired) electrons. The van der Waals surface area contributed by atoms with Crippen LogP contribution in [0.3, 0.4) is 0 Å². The fraction of sp³-hybridized carbons (Fsp3) is 0.250. The number of nitrogens with one attached hydrogen (secondary N) is 1. The van der Waals surface area contributed by atoms with Gasteiger partial charge in [-0.05, 0) is 43.2 Å². The first-order valence-corrected chi connectivity index (χ1v) is 7.29. The summed E-state index contributed by atoms with van der Waals surface area (Å²) in [5.41, 5.74) is 2.81. The van der Waals surface area contributed by atoms with Crippen LogP contribution in [0.4, 0.5) is 8.78 Å².